The fourth-order valence-corrected chi connectivity index (χ4v) is 5.02. The molecule has 1 aliphatic carbocycles. The Labute approximate surface area is 231 Å². The second-order valence-corrected chi connectivity index (χ2v) is 10.9. The molecular weight excluding hydrogens is 498 g/mol. The van der Waals surface area contributed by atoms with Crippen LogP contribution in [0.5, 0.6) is 5.75 Å². The number of aliphatic hydroxyl groups is 1. The lowest BCUT2D eigenvalue weighted by molar-refractivity contribution is 0.0863. The van der Waals surface area contributed by atoms with E-state index in [1.54, 1.807) is 6.07 Å². The summed E-state index contributed by atoms with van der Waals surface area (Å²) in [5, 5.41) is 13.5. The van der Waals surface area contributed by atoms with Crippen LogP contribution >= 0.6 is 11.6 Å². The van der Waals surface area contributed by atoms with Gasteiger partial charge < -0.3 is 20.1 Å². The standard InChI is InChI=1S/C31H38ClN3O3/c1-20-6-7-21(2)26(18-20)25-13-15-28(31(37)33-23-9-11-24(36)12-10-23)34-30(25)22-8-14-27(32)29(19-22)38-17-5-16-35(3)4/h6-8,13-15,18-19,23-24,36H,5,9-12,16-17H2,1-4H3,(H,33,37). The Morgan fingerprint density at radius 1 is 1.05 bits per heavy atom. The number of aryl methyl sites for hydroxylation is 2. The third kappa shape index (κ3) is 7.13. The van der Waals surface area contributed by atoms with Crippen molar-refractivity contribution in [1.82, 2.24) is 15.2 Å². The zero-order valence-corrected chi connectivity index (χ0v) is 23.5. The van der Waals surface area contributed by atoms with Crippen molar-refractivity contribution in [2.24, 2.45) is 0 Å². The second-order valence-electron chi connectivity index (χ2n) is 10.5. The van der Waals surface area contributed by atoms with Gasteiger partial charge in [-0.3, -0.25) is 4.79 Å². The third-order valence-electron chi connectivity index (χ3n) is 7.05. The number of aliphatic hydroxyl groups excluding tert-OH is 1. The first-order chi connectivity index (χ1) is 18.2. The Morgan fingerprint density at radius 3 is 2.55 bits per heavy atom. The monoisotopic (exact) mass is 535 g/mol. The number of amides is 1. The fourth-order valence-electron chi connectivity index (χ4n) is 4.85. The van der Waals surface area contributed by atoms with Gasteiger partial charge >= 0.3 is 0 Å². The van der Waals surface area contributed by atoms with Crippen molar-refractivity contribution >= 4 is 17.5 Å². The fraction of sp³-hybridized carbons (Fsp3) is 0.419. The lowest BCUT2D eigenvalue weighted by atomic mass is 9.93. The SMILES string of the molecule is Cc1ccc(C)c(-c2ccc(C(=O)NC3CCC(O)CC3)nc2-c2ccc(Cl)c(OCCCN(C)C)c2)c1. The Morgan fingerprint density at radius 2 is 1.82 bits per heavy atom. The molecule has 1 aliphatic rings. The maximum atomic E-state index is 13.2. The van der Waals surface area contributed by atoms with Crippen LogP contribution in [0.3, 0.4) is 0 Å². The van der Waals surface area contributed by atoms with Crippen LogP contribution in [0.25, 0.3) is 22.4 Å². The molecule has 2 N–H and O–H groups in total. The number of ether oxygens (including phenoxy) is 1. The summed E-state index contributed by atoms with van der Waals surface area (Å²) in [7, 11) is 4.07. The van der Waals surface area contributed by atoms with E-state index in [9.17, 15) is 9.90 Å². The number of halogens is 1. The van der Waals surface area contributed by atoms with Crippen LogP contribution in [-0.2, 0) is 0 Å². The molecule has 0 unspecified atom stereocenters. The molecule has 4 rings (SSSR count). The van der Waals surface area contributed by atoms with E-state index in [-0.39, 0.29) is 18.1 Å². The molecule has 1 aromatic heterocycles. The molecule has 3 aromatic rings. The Kier molecular flexibility index (Phi) is 9.42. The van der Waals surface area contributed by atoms with E-state index >= 15 is 0 Å². The summed E-state index contributed by atoms with van der Waals surface area (Å²) in [4.78, 5) is 20.2. The number of carbonyl (C=O) groups excluding carboxylic acids is 1. The Balaban J connectivity index is 1.69. The molecule has 0 aliphatic heterocycles. The largest absolute Gasteiger partial charge is 0.492 e. The summed E-state index contributed by atoms with van der Waals surface area (Å²) in [5.41, 5.74) is 6.21. The highest BCUT2D eigenvalue weighted by Gasteiger charge is 2.23. The molecule has 0 spiro atoms. The van der Waals surface area contributed by atoms with Gasteiger partial charge in [0.2, 0.25) is 0 Å². The van der Waals surface area contributed by atoms with Gasteiger partial charge in [-0.15, -0.1) is 0 Å². The van der Waals surface area contributed by atoms with Crippen LogP contribution in [0.15, 0.2) is 48.5 Å². The van der Waals surface area contributed by atoms with Crippen molar-refractivity contribution in [3.05, 3.63) is 70.4 Å². The minimum atomic E-state index is -0.270. The number of hydrogen-bond donors (Lipinski definition) is 2. The number of pyridine rings is 1. The van der Waals surface area contributed by atoms with E-state index < -0.39 is 0 Å². The first-order valence-electron chi connectivity index (χ1n) is 13.4. The van der Waals surface area contributed by atoms with Gasteiger partial charge in [-0.1, -0.05) is 41.4 Å². The molecule has 7 heteroatoms. The maximum absolute atomic E-state index is 13.2. The van der Waals surface area contributed by atoms with Gasteiger partial charge in [0.1, 0.15) is 11.4 Å². The molecule has 1 saturated carbocycles. The van der Waals surface area contributed by atoms with Gasteiger partial charge in [0.05, 0.1) is 23.4 Å². The normalized spacial score (nSPS) is 17.4. The zero-order chi connectivity index (χ0) is 27.2. The molecule has 0 atom stereocenters. The van der Waals surface area contributed by atoms with E-state index in [1.807, 2.05) is 38.4 Å². The molecule has 1 amide bonds. The first-order valence-corrected chi connectivity index (χ1v) is 13.7. The Hall–Kier alpha value is -2.93. The molecule has 2 aromatic carbocycles. The van der Waals surface area contributed by atoms with E-state index in [4.69, 9.17) is 21.3 Å². The second kappa shape index (κ2) is 12.7. The van der Waals surface area contributed by atoms with E-state index in [1.165, 1.54) is 0 Å². The highest BCUT2D eigenvalue weighted by Crippen LogP contribution is 2.37. The quantitative estimate of drug-likeness (QED) is 0.326. The number of nitrogens with zero attached hydrogens (tertiary/aromatic N) is 2. The van der Waals surface area contributed by atoms with Gasteiger partial charge in [-0.05, 0) is 95.4 Å². The topological polar surface area (TPSA) is 74.7 Å². The average Bonchev–Trinajstić information content (AvgIpc) is 2.90. The van der Waals surface area contributed by atoms with Crippen LogP contribution < -0.4 is 10.1 Å². The minimum absolute atomic E-state index is 0.0487. The number of benzene rings is 2. The smallest absolute Gasteiger partial charge is 0.270 e. The molecule has 6 nitrogen and oxygen atoms in total. The molecule has 1 heterocycles. The number of hydrogen-bond acceptors (Lipinski definition) is 5. The maximum Gasteiger partial charge on any atom is 0.270 e. The summed E-state index contributed by atoms with van der Waals surface area (Å²) >= 11 is 6.49. The summed E-state index contributed by atoms with van der Waals surface area (Å²) in [6.07, 6.45) is 3.56. The molecule has 202 valence electrons. The number of carbonyl (C=O) groups is 1. The molecule has 0 saturated heterocycles. The van der Waals surface area contributed by atoms with Crippen molar-refractivity contribution in [3.8, 4) is 28.1 Å². The molecule has 0 bridgehead atoms. The van der Waals surface area contributed by atoms with Crippen molar-refractivity contribution in [1.29, 1.82) is 0 Å². The van der Waals surface area contributed by atoms with Crippen molar-refractivity contribution in [2.75, 3.05) is 27.2 Å². The van der Waals surface area contributed by atoms with Crippen LogP contribution in [0.2, 0.25) is 5.02 Å². The summed E-state index contributed by atoms with van der Waals surface area (Å²) in [5.74, 6) is 0.404. The van der Waals surface area contributed by atoms with Gasteiger partial charge in [0, 0.05) is 23.7 Å². The number of aromatic nitrogens is 1. The van der Waals surface area contributed by atoms with Gasteiger partial charge in [0.15, 0.2) is 0 Å². The Bertz CT molecular complexity index is 1270. The van der Waals surface area contributed by atoms with Gasteiger partial charge in [0.25, 0.3) is 5.91 Å². The lowest BCUT2D eigenvalue weighted by Crippen LogP contribution is -2.38. The third-order valence-corrected chi connectivity index (χ3v) is 7.37. The van der Waals surface area contributed by atoms with Crippen LogP contribution in [-0.4, -0.2) is 60.3 Å². The highest BCUT2D eigenvalue weighted by atomic mass is 35.5. The zero-order valence-electron chi connectivity index (χ0n) is 22.8. The highest BCUT2D eigenvalue weighted by molar-refractivity contribution is 6.32. The summed E-state index contributed by atoms with van der Waals surface area (Å²) in [6.45, 7) is 5.63. The van der Waals surface area contributed by atoms with Crippen molar-refractivity contribution in [2.45, 2.75) is 58.1 Å². The van der Waals surface area contributed by atoms with E-state index in [0.717, 1.165) is 53.6 Å². The lowest BCUT2D eigenvalue weighted by Gasteiger charge is -2.26. The van der Waals surface area contributed by atoms with Gasteiger partial charge in [-0.2, -0.15) is 0 Å². The van der Waals surface area contributed by atoms with Crippen molar-refractivity contribution in [3.63, 3.8) is 0 Å². The average molecular weight is 536 g/mol. The van der Waals surface area contributed by atoms with Crippen LogP contribution in [0.1, 0.15) is 53.7 Å². The molecule has 0 radical (unpaired) electrons. The van der Waals surface area contributed by atoms with E-state index in [0.29, 0.717) is 41.6 Å². The molecular formula is C31H38ClN3O3. The first kappa shape index (κ1) is 28.1. The van der Waals surface area contributed by atoms with Gasteiger partial charge in [-0.25, -0.2) is 4.98 Å². The van der Waals surface area contributed by atoms with E-state index in [2.05, 4.69) is 42.3 Å². The predicted molar refractivity (Wildman–Crippen MR) is 154 cm³/mol. The number of rotatable bonds is 9. The summed E-state index contributed by atoms with van der Waals surface area (Å²) in [6, 6.07) is 15.8. The molecule has 1 fully saturated rings. The predicted octanol–water partition coefficient (Wildman–Crippen LogP) is 6.05. The molecule has 38 heavy (non-hydrogen) atoms. The van der Waals surface area contributed by atoms with Crippen molar-refractivity contribution < 1.29 is 14.6 Å². The minimum Gasteiger partial charge on any atom is -0.492 e. The van der Waals surface area contributed by atoms with Crippen LogP contribution in [0, 0.1) is 13.8 Å². The summed E-state index contributed by atoms with van der Waals surface area (Å²) < 4.78 is 6.04. The van der Waals surface area contributed by atoms with Crippen LogP contribution in [0.4, 0.5) is 0 Å². The number of nitrogens with one attached hydrogen (secondary N) is 1.